The molecule has 0 bridgehead atoms. The predicted octanol–water partition coefficient (Wildman–Crippen LogP) is 4.29. The van der Waals surface area contributed by atoms with Gasteiger partial charge in [0.25, 0.3) is 0 Å². The lowest BCUT2D eigenvalue weighted by Crippen LogP contribution is -2.52. The Balaban J connectivity index is 1.43. The van der Waals surface area contributed by atoms with Gasteiger partial charge in [-0.3, -0.25) is 4.90 Å². The SMILES string of the molecule is COc1ccc(NC(=O)N2CCN([C@H](c3ccccc3)[C@@H](N)c3ccccc3)CC2)cc1. The van der Waals surface area contributed by atoms with Crippen molar-refractivity contribution in [1.82, 2.24) is 9.80 Å². The van der Waals surface area contributed by atoms with Gasteiger partial charge in [0.05, 0.1) is 13.2 Å². The summed E-state index contributed by atoms with van der Waals surface area (Å²) in [5.41, 5.74) is 9.84. The molecule has 4 rings (SSSR count). The minimum absolute atomic E-state index is 0.0467. The second-order valence-corrected chi connectivity index (χ2v) is 7.97. The number of anilines is 1. The van der Waals surface area contributed by atoms with Gasteiger partial charge in [-0.05, 0) is 35.4 Å². The van der Waals surface area contributed by atoms with Crippen molar-refractivity contribution in [3.05, 3.63) is 96.1 Å². The number of amides is 2. The van der Waals surface area contributed by atoms with Gasteiger partial charge in [0.2, 0.25) is 0 Å². The van der Waals surface area contributed by atoms with Crippen LogP contribution in [0.4, 0.5) is 10.5 Å². The minimum Gasteiger partial charge on any atom is -0.497 e. The molecule has 3 aromatic rings. The zero-order valence-electron chi connectivity index (χ0n) is 18.4. The van der Waals surface area contributed by atoms with E-state index in [1.54, 1.807) is 7.11 Å². The number of methoxy groups -OCH3 is 1. The Morgan fingerprint density at radius 1 is 0.844 bits per heavy atom. The molecule has 2 amide bonds. The fraction of sp³-hybridized carbons (Fsp3) is 0.269. The molecule has 0 unspecified atom stereocenters. The van der Waals surface area contributed by atoms with Crippen LogP contribution >= 0.6 is 0 Å². The number of rotatable bonds is 6. The molecule has 6 nitrogen and oxygen atoms in total. The monoisotopic (exact) mass is 430 g/mol. The number of nitrogens with one attached hydrogen (secondary N) is 1. The van der Waals surface area contributed by atoms with Gasteiger partial charge in [0, 0.05) is 37.9 Å². The van der Waals surface area contributed by atoms with Crippen LogP contribution in [-0.4, -0.2) is 49.1 Å². The summed E-state index contributed by atoms with van der Waals surface area (Å²) < 4.78 is 5.17. The Hall–Kier alpha value is -3.35. The third-order valence-corrected chi connectivity index (χ3v) is 6.00. The number of benzene rings is 3. The van der Waals surface area contributed by atoms with Crippen LogP contribution in [0.3, 0.4) is 0 Å². The molecule has 6 heteroatoms. The van der Waals surface area contributed by atoms with Crippen LogP contribution in [0.25, 0.3) is 0 Å². The van der Waals surface area contributed by atoms with Crippen molar-refractivity contribution in [3.63, 3.8) is 0 Å². The molecular formula is C26H30N4O2. The quantitative estimate of drug-likeness (QED) is 0.612. The summed E-state index contributed by atoms with van der Waals surface area (Å²) in [6.07, 6.45) is 0. The summed E-state index contributed by atoms with van der Waals surface area (Å²) in [5, 5.41) is 2.98. The number of ether oxygens (including phenoxy) is 1. The molecule has 0 aromatic heterocycles. The standard InChI is InChI=1S/C26H30N4O2/c1-32-23-14-12-22(13-15-23)28-26(31)30-18-16-29(17-19-30)25(21-10-6-3-7-11-21)24(27)20-8-4-2-5-9-20/h2-15,24-25H,16-19,27H2,1H3,(H,28,31)/t24-,25+/m0/s1. The van der Waals surface area contributed by atoms with E-state index in [2.05, 4.69) is 46.6 Å². The van der Waals surface area contributed by atoms with Gasteiger partial charge >= 0.3 is 6.03 Å². The molecule has 1 heterocycles. The number of hydrogen-bond acceptors (Lipinski definition) is 4. The van der Waals surface area contributed by atoms with E-state index in [1.165, 1.54) is 5.56 Å². The highest BCUT2D eigenvalue weighted by molar-refractivity contribution is 5.89. The molecule has 3 aromatic carbocycles. The molecule has 0 saturated carbocycles. The summed E-state index contributed by atoms with van der Waals surface area (Å²) in [5.74, 6) is 0.762. The maximum Gasteiger partial charge on any atom is 0.321 e. The first-order valence-electron chi connectivity index (χ1n) is 10.9. The Bertz CT molecular complexity index is 987. The van der Waals surface area contributed by atoms with E-state index < -0.39 is 0 Å². The number of piperazine rings is 1. The summed E-state index contributed by atoms with van der Waals surface area (Å²) in [7, 11) is 1.62. The third kappa shape index (κ3) is 5.10. The fourth-order valence-corrected chi connectivity index (χ4v) is 4.23. The zero-order valence-corrected chi connectivity index (χ0v) is 18.4. The van der Waals surface area contributed by atoms with Gasteiger partial charge in [-0.1, -0.05) is 60.7 Å². The lowest BCUT2D eigenvalue weighted by molar-refractivity contribution is 0.100. The van der Waals surface area contributed by atoms with Gasteiger partial charge in [-0.15, -0.1) is 0 Å². The second-order valence-electron chi connectivity index (χ2n) is 7.97. The average Bonchev–Trinajstić information content (AvgIpc) is 2.86. The van der Waals surface area contributed by atoms with Crippen LogP contribution < -0.4 is 15.8 Å². The van der Waals surface area contributed by atoms with Gasteiger partial charge < -0.3 is 20.7 Å². The van der Waals surface area contributed by atoms with E-state index in [4.69, 9.17) is 10.5 Å². The van der Waals surface area contributed by atoms with Crippen molar-refractivity contribution >= 4 is 11.7 Å². The predicted molar refractivity (Wildman–Crippen MR) is 128 cm³/mol. The van der Waals surface area contributed by atoms with Crippen LogP contribution in [0.15, 0.2) is 84.9 Å². The highest BCUT2D eigenvalue weighted by Gasteiger charge is 2.31. The third-order valence-electron chi connectivity index (χ3n) is 6.00. The second kappa shape index (κ2) is 10.3. The first-order chi connectivity index (χ1) is 15.7. The molecule has 0 spiro atoms. The topological polar surface area (TPSA) is 70.8 Å². The fourth-order valence-electron chi connectivity index (χ4n) is 4.23. The maximum atomic E-state index is 12.8. The van der Waals surface area contributed by atoms with Crippen LogP contribution in [-0.2, 0) is 0 Å². The van der Waals surface area contributed by atoms with E-state index in [0.29, 0.717) is 13.1 Å². The largest absolute Gasteiger partial charge is 0.497 e. The molecule has 0 radical (unpaired) electrons. The number of carbonyl (C=O) groups excluding carboxylic acids is 1. The van der Waals surface area contributed by atoms with Crippen molar-refractivity contribution in [3.8, 4) is 5.75 Å². The average molecular weight is 431 g/mol. The molecule has 2 atom stereocenters. The molecule has 1 aliphatic heterocycles. The lowest BCUT2D eigenvalue weighted by atomic mass is 9.92. The molecule has 0 aliphatic carbocycles. The summed E-state index contributed by atoms with van der Waals surface area (Å²) in [6.45, 7) is 2.81. The molecule has 32 heavy (non-hydrogen) atoms. The molecule has 1 aliphatic rings. The lowest BCUT2D eigenvalue weighted by Gasteiger charge is -2.41. The Labute approximate surface area is 189 Å². The first-order valence-corrected chi connectivity index (χ1v) is 10.9. The van der Waals surface area contributed by atoms with Gasteiger partial charge in [0.1, 0.15) is 5.75 Å². The molecule has 3 N–H and O–H groups in total. The van der Waals surface area contributed by atoms with Crippen molar-refractivity contribution in [2.45, 2.75) is 12.1 Å². The maximum absolute atomic E-state index is 12.8. The van der Waals surface area contributed by atoms with E-state index in [9.17, 15) is 4.79 Å². The Kier molecular flexibility index (Phi) is 7.04. The van der Waals surface area contributed by atoms with Gasteiger partial charge in [-0.2, -0.15) is 0 Å². The Morgan fingerprint density at radius 3 is 1.97 bits per heavy atom. The van der Waals surface area contributed by atoms with Crippen LogP contribution in [0.1, 0.15) is 23.2 Å². The number of nitrogens with zero attached hydrogens (tertiary/aromatic N) is 2. The number of urea groups is 1. The smallest absolute Gasteiger partial charge is 0.321 e. The van der Waals surface area contributed by atoms with Gasteiger partial charge in [-0.25, -0.2) is 4.79 Å². The highest BCUT2D eigenvalue weighted by Crippen LogP contribution is 2.33. The van der Waals surface area contributed by atoms with E-state index in [1.807, 2.05) is 53.4 Å². The van der Waals surface area contributed by atoms with E-state index in [-0.39, 0.29) is 18.1 Å². The van der Waals surface area contributed by atoms with Crippen molar-refractivity contribution < 1.29 is 9.53 Å². The first kappa shape index (κ1) is 21.9. The van der Waals surface area contributed by atoms with Crippen molar-refractivity contribution in [2.24, 2.45) is 5.73 Å². The van der Waals surface area contributed by atoms with Crippen LogP contribution in [0.2, 0.25) is 0 Å². The normalized spacial score (nSPS) is 16.2. The van der Waals surface area contributed by atoms with Crippen molar-refractivity contribution in [2.75, 3.05) is 38.6 Å². The van der Waals surface area contributed by atoms with Crippen LogP contribution in [0.5, 0.6) is 5.75 Å². The van der Waals surface area contributed by atoms with Crippen LogP contribution in [0, 0.1) is 0 Å². The number of nitrogens with two attached hydrogens (primary N) is 1. The highest BCUT2D eigenvalue weighted by atomic mass is 16.5. The molecule has 1 saturated heterocycles. The summed E-state index contributed by atoms with van der Waals surface area (Å²) in [4.78, 5) is 17.0. The number of hydrogen-bond donors (Lipinski definition) is 2. The summed E-state index contributed by atoms with van der Waals surface area (Å²) >= 11 is 0. The van der Waals surface area contributed by atoms with E-state index in [0.717, 1.165) is 30.1 Å². The summed E-state index contributed by atoms with van der Waals surface area (Å²) in [6, 6.07) is 27.8. The van der Waals surface area contributed by atoms with Gasteiger partial charge in [0.15, 0.2) is 0 Å². The number of carbonyl (C=O) groups is 1. The Morgan fingerprint density at radius 2 is 1.41 bits per heavy atom. The minimum atomic E-state index is -0.154. The molecular weight excluding hydrogens is 400 g/mol. The van der Waals surface area contributed by atoms with Crippen molar-refractivity contribution in [1.29, 1.82) is 0 Å². The molecule has 166 valence electrons. The van der Waals surface area contributed by atoms with E-state index >= 15 is 0 Å². The zero-order chi connectivity index (χ0) is 22.3. The molecule has 1 fully saturated rings.